The molecule has 5 nitrogen and oxygen atoms in total. The third-order valence-electron chi connectivity index (χ3n) is 4.60. The summed E-state index contributed by atoms with van der Waals surface area (Å²) in [7, 11) is -1.95. The number of methoxy groups -OCH3 is 1. The zero-order valence-electron chi connectivity index (χ0n) is 15.2. The van der Waals surface area contributed by atoms with Crippen LogP contribution in [0, 0.1) is 6.92 Å². The molecule has 6 heteroatoms. The molecule has 1 N–H and O–H groups in total. The normalized spacial score (nSPS) is 13.9. The molecule has 0 heterocycles. The van der Waals surface area contributed by atoms with Crippen LogP contribution in [-0.2, 0) is 22.9 Å². The largest absolute Gasteiger partial charge is 0.493 e. The van der Waals surface area contributed by atoms with Crippen molar-refractivity contribution >= 4 is 10.0 Å². The lowest BCUT2D eigenvalue weighted by Gasteiger charge is -2.17. The van der Waals surface area contributed by atoms with Crippen LogP contribution < -0.4 is 14.2 Å². The van der Waals surface area contributed by atoms with Crippen LogP contribution >= 0.6 is 0 Å². The van der Waals surface area contributed by atoms with Crippen molar-refractivity contribution in [3.05, 3.63) is 53.1 Å². The first-order valence-corrected chi connectivity index (χ1v) is 10.4. The standard InChI is InChI=1S/C20H25NO4S/c1-15-7-10-19(20(13-15)24-2)25-12-11-21-26(22,23)18-9-8-16-5-3-4-6-17(16)14-18/h7-10,13-14,21H,3-6,11-12H2,1-2H3. The fraction of sp³-hybridized carbons (Fsp3) is 0.400. The topological polar surface area (TPSA) is 64.6 Å². The fourth-order valence-electron chi connectivity index (χ4n) is 3.19. The van der Waals surface area contributed by atoms with Gasteiger partial charge in [0.1, 0.15) is 6.61 Å². The van der Waals surface area contributed by atoms with E-state index in [4.69, 9.17) is 9.47 Å². The van der Waals surface area contributed by atoms with Crippen LogP contribution in [0.25, 0.3) is 0 Å². The van der Waals surface area contributed by atoms with Crippen LogP contribution in [0.15, 0.2) is 41.3 Å². The Hall–Kier alpha value is -2.05. The Balaban J connectivity index is 1.59. The first kappa shape index (κ1) is 18.7. The van der Waals surface area contributed by atoms with Gasteiger partial charge >= 0.3 is 0 Å². The second-order valence-corrected chi connectivity index (χ2v) is 8.31. The molecule has 0 unspecified atom stereocenters. The summed E-state index contributed by atoms with van der Waals surface area (Å²) < 4.78 is 38.6. The molecular formula is C20H25NO4S. The summed E-state index contributed by atoms with van der Waals surface area (Å²) in [6, 6.07) is 11.1. The van der Waals surface area contributed by atoms with Gasteiger partial charge in [0.05, 0.1) is 12.0 Å². The van der Waals surface area contributed by atoms with Gasteiger partial charge in [0.2, 0.25) is 10.0 Å². The molecule has 0 fully saturated rings. The molecule has 0 amide bonds. The summed E-state index contributed by atoms with van der Waals surface area (Å²) >= 11 is 0. The maximum Gasteiger partial charge on any atom is 0.240 e. The lowest BCUT2D eigenvalue weighted by atomic mass is 9.92. The zero-order chi connectivity index (χ0) is 18.6. The average molecular weight is 375 g/mol. The first-order chi connectivity index (χ1) is 12.5. The minimum atomic E-state index is -3.53. The summed E-state index contributed by atoms with van der Waals surface area (Å²) in [5.41, 5.74) is 3.49. The van der Waals surface area contributed by atoms with E-state index in [0.717, 1.165) is 30.4 Å². The monoisotopic (exact) mass is 375 g/mol. The van der Waals surface area contributed by atoms with Crippen molar-refractivity contribution in [3.63, 3.8) is 0 Å². The summed E-state index contributed by atoms with van der Waals surface area (Å²) in [6.07, 6.45) is 4.29. The molecule has 26 heavy (non-hydrogen) atoms. The number of sulfonamides is 1. The maximum atomic E-state index is 12.5. The number of aryl methyl sites for hydroxylation is 3. The van der Waals surface area contributed by atoms with Crippen molar-refractivity contribution in [1.82, 2.24) is 4.72 Å². The average Bonchev–Trinajstić information content (AvgIpc) is 2.65. The predicted molar refractivity (Wildman–Crippen MR) is 101 cm³/mol. The Labute approximate surface area is 155 Å². The Morgan fingerprint density at radius 2 is 1.77 bits per heavy atom. The Kier molecular flexibility index (Phi) is 5.84. The highest BCUT2D eigenvalue weighted by Gasteiger charge is 2.17. The van der Waals surface area contributed by atoms with E-state index in [9.17, 15) is 8.42 Å². The number of rotatable bonds is 7. The van der Waals surface area contributed by atoms with Crippen molar-refractivity contribution in [3.8, 4) is 11.5 Å². The van der Waals surface area contributed by atoms with E-state index in [1.54, 1.807) is 19.2 Å². The predicted octanol–water partition coefficient (Wildman–Crippen LogP) is 3.24. The van der Waals surface area contributed by atoms with Crippen LogP contribution in [0.3, 0.4) is 0 Å². The second-order valence-electron chi connectivity index (χ2n) is 6.54. The van der Waals surface area contributed by atoms with E-state index < -0.39 is 10.0 Å². The summed E-state index contributed by atoms with van der Waals surface area (Å²) in [4.78, 5) is 0.325. The molecule has 1 aliphatic rings. The van der Waals surface area contributed by atoms with Crippen LogP contribution in [0.2, 0.25) is 0 Å². The second kappa shape index (κ2) is 8.10. The van der Waals surface area contributed by atoms with Gasteiger partial charge in [0, 0.05) is 6.54 Å². The Morgan fingerprint density at radius 1 is 1.00 bits per heavy atom. The molecule has 2 aromatic carbocycles. The lowest BCUT2D eigenvalue weighted by Crippen LogP contribution is -2.28. The third-order valence-corrected chi connectivity index (χ3v) is 6.06. The molecule has 0 aliphatic heterocycles. The van der Waals surface area contributed by atoms with Gasteiger partial charge in [-0.2, -0.15) is 0 Å². The number of ether oxygens (including phenoxy) is 2. The van der Waals surface area contributed by atoms with E-state index in [-0.39, 0.29) is 13.2 Å². The highest BCUT2D eigenvalue weighted by atomic mass is 32.2. The molecular weight excluding hydrogens is 350 g/mol. The maximum absolute atomic E-state index is 12.5. The van der Waals surface area contributed by atoms with Crippen molar-refractivity contribution in [2.24, 2.45) is 0 Å². The van der Waals surface area contributed by atoms with Gasteiger partial charge in [0.25, 0.3) is 0 Å². The van der Waals surface area contributed by atoms with Crippen LogP contribution in [0.5, 0.6) is 11.5 Å². The van der Waals surface area contributed by atoms with E-state index in [1.807, 2.05) is 31.2 Å². The molecule has 0 aromatic heterocycles. The van der Waals surface area contributed by atoms with Crippen LogP contribution in [0.4, 0.5) is 0 Å². The highest BCUT2D eigenvalue weighted by molar-refractivity contribution is 7.89. The molecule has 0 radical (unpaired) electrons. The van der Waals surface area contributed by atoms with Gasteiger partial charge in [-0.1, -0.05) is 12.1 Å². The minimum absolute atomic E-state index is 0.191. The Bertz CT molecular complexity index is 877. The van der Waals surface area contributed by atoms with Crippen molar-refractivity contribution in [1.29, 1.82) is 0 Å². The molecule has 140 valence electrons. The van der Waals surface area contributed by atoms with E-state index in [2.05, 4.69) is 4.72 Å². The van der Waals surface area contributed by atoms with Gasteiger partial charge in [-0.15, -0.1) is 0 Å². The van der Waals surface area contributed by atoms with Crippen molar-refractivity contribution in [2.75, 3.05) is 20.3 Å². The smallest absolute Gasteiger partial charge is 0.240 e. The molecule has 2 aromatic rings. The minimum Gasteiger partial charge on any atom is -0.493 e. The third kappa shape index (κ3) is 4.37. The van der Waals surface area contributed by atoms with Crippen LogP contribution in [-0.4, -0.2) is 28.7 Å². The van der Waals surface area contributed by atoms with Crippen molar-refractivity contribution < 1.29 is 17.9 Å². The summed E-state index contributed by atoms with van der Waals surface area (Å²) in [6.45, 7) is 2.39. The number of hydrogen-bond donors (Lipinski definition) is 1. The van der Waals surface area contributed by atoms with Crippen LogP contribution in [0.1, 0.15) is 29.5 Å². The molecule has 0 bridgehead atoms. The highest BCUT2D eigenvalue weighted by Crippen LogP contribution is 2.27. The number of benzene rings is 2. The number of fused-ring (bicyclic) bond motifs is 1. The molecule has 0 saturated carbocycles. The molecule has 0 atom stereocenters. The quantitative estimate of drug-likeness (QED) is 0.755. The molecule has 0 saturated heterocycles. The van der Waals surface area contributed by atoms with E-state index in [1.165, 1.54) is 12.0 Å². The Morgan fingerprint density at radius 3 is 2.54 bits per heavy atom. The fourth-order valence-corrected chi connectivity index (χ4v) is 4.25. The van der Waals surface area contributed by atoms with Gasteiger partial charge in [0.15, 0.2) is 11.5 Å². The molecule has 0 spiro atoms. The molecule has 1 aliphatic carbocycles. The number of nitrogens with one attached hydrogen (secondary N) is 1. The zero-order valence-corrected chi connectivity index (χ0v) is 16.1. The SMILES string of the molecule is COc1cc(C)ccc1OCCNS(=O)(=O)c1ccc2c(c1)CCCC2. The van der Waals surface area contributed by atoms with Gasteiger partial charge in [-0.25, -0.2) is 13.1 Å². The van der Waals surface area contributed by atoms with E-state index in [0.29, 0.717) is 16.4 Å². The van der Waals surface area contributed by atoms with Gasteiger partial charge in [-0.3, -0.25) is 0 Å². The van der Waals surface area contributed by atoms with Crippen molar-refractivity contribution in [2.45, 2.75) is 37.5 Å². The van der Waals surface area contributed by atoms with Gasteiger partial charge in [-0.05, 0) is 73.6 Å². The lowest BCUT2D eigenvalue weighted by molar-refractivity contribution is 0.298. The van der Waals surface area contributed by atoms with Gasteiger partial charge < -0.3 is 9.47 Å². The summed E-state index contributed by atoms with van der Waals surface area (Å²) in [5, 5.41) is 0. The first-order valence-electron chi connectivity index (χ1n) is 8.88. The molecule has 3 rings (SSSR count). The summed E-state index contributed by atoms with van der Waals surface area (Å²) in [5.74, 6) is 1.24. The van der Waals surface area contributed by atoms with E-state index >= 15 is 0 Å². The number of hydrogen-bond acceptors (Lipinski definition) is 4.